The molecule has 0 saturated carbocycles. The Morgan fingerprint density at radius 3 is 2.27 bits per heavy atom. The lowest BCUT2D eigenvalue weighted by atomic mass is 10.4. The minimum atomic E-state index is -0.375. The van der Waals surface area contributed by atoms with E-state index in [0.29, 0.717) is 12.1 Å². The number of esters is 1. The summed E-state index contributed by atoms with van der Waals surface area (Å²) in [5.74, 6) is -0.375. The van der Waals surface area contributed by atoms with Gasteiger partial charge in [0.25, 0.3) is 0 Å². The van der Waals surface area contributed by atoms with E-state index in [1.54, 1.807) is 6.92 Å². The Morgan fingerprint density at radius 1 is 1.55 bits per heavy atom. The smallest absolute Gasteiger partial charge is 0.333 e. The second-order valence-electron chi connectivity index (χ2n) is 1.70. The van der Waals surface area contributed by atoms with Crippen LogP contribution in [-0.4, -0.2) is 19.1 Å². The van der Waals surface area contributed by atoms with Crippen molar-refractivity contribution in [3.8, 4) is 0 Å². The van der Waals surface area contributed by atoms with Crippen LogP contribution in [0.5, 0.6) is 0 Å². The van der Waals surface area contributed by atoms with E-state index >= 15 is 0 Å². The summed E-state index contributed by atoms with van der Waals surface area (Å²) in [6, 6.07) is 0. The minimum Gasteiger partial charge on any atom is -0.461 e. The van der Waals surface area contributed by atoms with E-state index in [2.05, 4.69) is 11.3 Å². The molecule has 0 aromatic heterocycles. The largest absolute Gasteiger partial charge is 0.461 e. The van der Waals surface area contributed by atoms with Gasteiger partial charge in [0.2, 0.25) is 0 Å². The van der Waals surface area contributed by atoms with E-state index < -0.39 is 0 Å². The highest BCUT2D eigenvalue weighted by atomic mass is 16.5. The van der Waals surface area contributed by atoms with Crippen LogP contribution in [0, 0.1) is 0 Å². The molecule has 0 fully saturated rings. The van der Waals surface area contributed by atoms with Crippen molar-refractivity contribution >= 4 is 5.97 Å². The number of hydrogen-bond acceptors (Lipinski definition) is 3. The first-order valence-electron chi connectivity index (χ1n) is 3.71. The molecule has 0 saturated heterocycles. The maximum atomic E-state index is 10.5. The van der Waals surface area contributed by atoms with Gasteiger partial charge in [-0.15, -0.1) is 0 Å². The van der Waals surface area contributed by atoms with Gasteiger partial charge in [0.05, 0.1) is 0 Å². The topological polar surface area (TPSA) is 52.3 Å². The molecular weight excluding hydrogens is 142 g/mol. The fraction of sp³-hybridized carbons (Fsp3) is 0.625. The molecular formula is C8H17NO2. The van der Waals surface area contributed by atoms with E-state index in [4.69, 9.17) is 5.73 Å². The van der Waals surface area contributed by atoms with Crippen LogP contribution in [0.15, 0.2) is 12.2 Å². The summed E-state index contributed by atoms with van der Waals surface area (Å²) in [7, 11) is 0. The van der Waals surface area contributed by atoms with Crippen LogP contribution in [0.2, 0.25) is 0 Å². The summed E-state index contributed by atoms with van der Waals surface area (Å²) in [6.07, 6.45) is 0. The predicted octanol–water partition coefficient (Wildman–Crippen LogP) is 1.09. The molecule has 0 aromatic rings. The summed E-state index contributed by atoms with van der Waals surface area (Å²) >= 11 is 0. The van der Waals surface area contributed by atoms with Crippen molar-refractivity contribution < 1.29 is 9.53 Å². The molecule has 0 radical (unpaired) electrons. The molecule has 11 heavy (non-hydrogen) atoms. The Labute approximate surface area is 68.2 Å². The third-order valence-electron chi connectivity index (χ3n) is 0.699. The van der Waals surface area contributed by atoms with Gasteiger partial charge in [0.1, 0.15) is 6.61 Å². The lowest BCUT2D eigenvalue weighted by molar-refractivity contribution is -0.138. The quantitative estimate of drug-likeness (QED) is 0.495. The van der Waals surface area contributed by atoms with Gasteiger partial charge in [0.15, 0.2) is 0 Å². The number of ether oxygens (including phenoxy) is 1. The molecule has 0 heterocycles. The summed E-state index contributed by atoms with van der Waals surface area (Å²) < 4.78 is 4.59. The average Bonchev–Trinajstić information content (AvgIpc) is 2.03. The highest BCUT2D eigenvalue weighted by Crippen LogP contribution is 1.89. The van der Waals surface area contributed by atoms with Gasteiger partial charge in [-0.1, -0.05) is 20.4 Å². The van der Waals surface area contributed by atoms with Crippen LogP contribution < -0.4 is 5.73 Å². The van der Waals surface area contributed by atoms with Crippen LogP contribution in [0.25, 0.3) is 0 Å². The fourth-order valence-corrected chi connectivity index (χ4v) is 0.275. The second-order valence-corrected chi connectivity index (χ2v) is 1.70. The Bertz CT molecular complexity index is 121. The number of carbonyl (C=O) groups excluding carboxylic acids is 1. The third-order valence-corrected chi connectivity index (χ3v) is 0.699. The minimum absolute atomic E-state index is 0.270. The summed E-state index contributed by atoms with van der Waals surface area (Å²) in [4.78, 5) is 10.5. The Hall–Kier alpha value is -0.830. The molecule has 0 aliphatic carbocycles. The maximum absolute atomic E-state index is 10.5. The third kappa shape index (κ3) is 9.17. The lowest BCUT2D eigenvalue weighted by Gasteiger charge is -1.99. The molecule has 0 aliphatic heterocycles. The zero-order valence-electron chi connectivity index (χ0n) is 7.52. The maximum Gasteiger partial charge on any atom is 0.333 e. The van der Waals surface area contributed by atoms with E-state index in [1.807, 2.05) is 13.8 Å². The van der Waals surface area contributed by atoms with E-state index in [9.17, 15) is 4.79 Å². The summed E-state index contributed by atoms with van der Waals surface area (Å²) in [5.41, 5.74) is 5.48. The number of nitrogens with two attached hydrogens (primary N) is 1. The molecule has 3 heteroatoms. The SMILES string of the molecule is C=C(C)C(=O)OCCN.CC. The molecule has 0 aliphatic rings. The molecule has 66 valence electrons. The first kappa shape index (κ1) is 12.8. The highest BCUT2D eigenvalue weighted by molar-refractivity contribution is 5.86. The zero-order chi connectivity index (χ0) is 9.28. The molecule has 0 bridgehead atoms. The van der Waals surface area contributed by atoms with Crippen molar-refractivity contribution in [2.75, 3.05) is 13.2 Å². The van der Waals surface area contributed by atoms with Gasteiger partial charge in [-0.3, -0.25) is 0 Å². The standard InChI is InChI=1S/C6H11NO2.C2H6/c1-5(2)6(8)9-4-3-7;1-2/h1,3-4,7H2,2H3;1-2H3. The van der Waals surface area contributed by atoms with Gasteiger partial charge in [-0.25, -0.2) is 4.79 Å². The van der Waals surface area contributed by atoms with Gasteiger partial charge in [-0.2, -0.15) is 0 Å². The first-order chi connectivity index (χ1) is 5.18. The van der Waals surface area contributed by atoms with E-state index in [-0.39, 0.29) is 12.6 Å². The predicted molar refractivity (Wildman–Crippen MR) is 46.2 cm³/mol. The van der Waals surface area contributed by atoms with Crippen LogP contribution in [-0.2, 0) is 9.53 Å². The molecule has 3 nitrogen and oxygen atoms in total. The molecule has 0 amide bonds. The van der Waals surface area contributed by atoms with E-state index in [1.165, 1.54) is 0 Å². The Kier molecular flexibility index (Phi) is 10.7. The van der Waals surface area contributed by atoms with Crippen molar-refractivity contribution in [1.29, 1.82) is 0 Å². The monoisotopic (exact) mass is 159 g/mol. The van der Waals surface area contributed by atoms with Crippen molar-refractivity contribution in [3.63, 3.8) is 0 Å². The van der Waals surface area contributed by atoms with E-state index in [0.717, 1.165) is 0 Å². The van der Waals surface area contributed by atoms with Crippen LogP contribution >= 0.6 is 0 Å². The van der Waals surface area contributed by atoms with Gasteiger partial charge < -0.3 is 10.5 Å². The fourth-order valence-electron chi connectivity index (χ4n) is 0.275. The zero-order valence-corrected chi connectivity index (χ0v) is 7.52. The second kappa shape index (κ2) is 9.17. The van der Waals surface area contributed by atoms with Crippen LogP contribution in [0.4, 0.5) is 0 Å². The van der Waals surface area contributed by atoms with Crippen LogP contribution in [0.3, 0.4) is 0 Å². The molecule has 0 unspecified atom stereocenters. The molecule has 0 aromatic carbocycles. The first-order valence-corrected chi connectivity index (χ1v) is 3.71. The van der Waals surface area contributed by atoms with Crippen LogP contribution in [0.1, 0.15) is 20.8 Å². The Balaban J connectivity index is 0. The molecule has 0 rings (SSSR count). The molecule has 2 N–H and O–H groups in total. The number of carbonyl (C=O) groups is 1. The number of rotatable bonds is 3. The summed E-state index contributed by atoms with van der Waals surface area (Å²) in [6.45, 7) is 9.62. The molecule has 0 spiro atoms. The van der Waals surface area contributed by atoms with Gasteiger partial charge in [-0.05, 0) is 6.92 Å². The summed E-state index contributed by atoms with van der Waals surface area (Å²) in [5, 5.41) is 0. The lowest BCUT2D eigenvalue weighted by Crippen LogP contribution is -2.13. The average molecular weight is 159 g/mol. The van der Waals surface area contributed by atoms with Crippen molar-refractivity contribution in [2.24, 2.45) is 5.73 Å². The van der Waals surface area contributed by atoms with Crippen molar-refractivity contribution in [3.05, 3.63) is 12.2 Å². The van der Waals surface area contributed by atoms with Crippen molar-refractivity contribution in [2.45, 2.75) is 20.8 Å². The number of hydrogen-bond donors (Lipinski definition) is 1. The Morgan fingerprint density at radius 2 is 2.00 bits per heavy atom. The highest BCUT2D eigenvalue weighted by Gasteiger charge is 1.99. The van der Waals surface area contributed by atoms with Gasteiger partial charge in [0, 0.05) is 12.1 Å². The van der Waals surface area contributed by atoms with Crippen molar-refractivity contribution in [1.82, 2.24) is 0 Å². The normalized spacial score (nSPS) is 7.64. The molecule has 0 atom stereocenters. The van der Waals surface area contributed by atoms with Gasteiger partial charge >= 0.3 is 5.97 Å².